The molecular weight excluding hydrogens is 468 g/mol. The zero-order chi connectivity index (χ0) is 26.5. The fourth-order valence-corrected chi connectivity index (χ4v) is 4.71. The Morgan fingerprint density at radius 1 is 0.737 bits per heavy atom. The maximum atomic E-state index is 12.2. The average molecular weight is 499 g/mol. The predicted octanol–water partition coefficient (Wildman–Crippen LogP) is 7.31. The molecule has 6 rings (SSSR count). The number of fused-ring (bicyclic) bond motifs is 1. The van der Waals surface area contributed by atoms with Gasteiger partial charge in [-0.25, -0.2) is 10.1 Å². The number of aliphatic imine (C=N–C) groups is 1. The quantitative estimate of drug-likeness (QED) is 0.283. The highest BCUT2D eigenvalue weighted by atomic mass is 16.1. The lowest BCUT2D eigenvalue weighted by Crippen LogP contribution is -2.34. The second kappa shape index (κ2) is 11.1. The van der Waals surface area contributed by atoms with Crippen molar-refractivity contribution in [3.8, 4) is 11.3 Å². The van der Waals surface area contributed by atoms with Crippen molar-refractivity contribution in [3.05, 3.63) is 136 Å². The molecule has 0 spiro atoms. The summed E-state index contributed by atoms with van der Waals surface area (Å²) in [5, 5.41) is 8.46. The third-order valence-corrected chi connectivity index (χ3v) is 6.54. The highest BCUT2D eigenvalue weighted by Gasteiger charge is 2.30. The van der Waals surface area contributed by atoms with Crippen molar-refractivity contribution in [2.75, 3.05) is 4.90 Å². The number of hydrogen-bond acceptors (Lipinski definition) is 4. The van der Waals surface area contributed by atoms with Crippen molar-refractivity contribution < 1.29 is 0 Å². The minimum absolute atomic E-state index is 0.0540. The monoisotopic (exact) mass is 498 g/mol. The molecule has 0 bridgehead atoms. The minimum atomic E-state index is -0.182. The molecule has 0 fully saturated rings. The number of nitrogens with one attached hydrogen (secondary N) is 1. The highest BCUT2D eigenvalue weighted by molar-refractivity contribution is 6.13. The summed E-state index contributed by atoms with van der Waals surface area (Å²) < 4.78 is 0. The Bertz CT molecular complexity index is 1650. The van der Waals surface area contributed by atoms with E-state index in [1.54, 1.807) is 0 Å². The van der Waals surface area contributed by atoms with E-state index in [1.807, 2.05) is 74.5 Å². The zero-order valence-electron chi connectivity index (χ0n) is 21.8. The van der Waals surface area contributed by atoms with Crippen LogP contribution in [-0.2, 0) is 0 Å². The minimum Gasteiger partial charge on any atom is -0.317 e. The number of aromatic nitrogens is 2. The molecular formula is C33H30N4O. The molecule has 0 saturated carbocycles. The van der Waals surface area contributed by atoms with E-state index in [2.05, 4.69) is 76.6 Å². The second-order valence-electron chi connectivity index (χ2n) is 8.82. The molecule has 1 N–H and O–H groups in total. The summed E-state index contributed by atoms with van der Waals surface area (Å²) in [6, 6.07) is 36.5. The van der Waals surface area contributed by atoms with Crippen LogP contribution >= 0.6 is 0 Å². The van der Waals surface area contributed by atoms with E-state index in [-0.39, 0.29) is 11.6 Å². The highest BCUT2D eigenvalue weighted by Crippen LogP contribution is 2.33. The standard InChI is InChI=1S/C31H24N4O.C2H6/c1-21-28(20-22-10-4-2-5-11-22)32-30(24-12-6-3-7-13-24)35(21)25-18-16-23(17-19-25)29-26-14-8-9-15-27(26)31(36)34-33-29;1-2/h2-21H,1H3,(H,34,36);1-2H3/b28-20-;. The normalized spacial score (nSPS) is 15.8. The lowest BCUT2D eigenvalue weighted by molar-refractivity contribution is 0.872. The van der Waals surface area contributed by atoms with Gasteiger partial charge in [0, 0.05) is 22.2 Å². The van der Waals surface area contributed by atoms with Gasteiger partial charge in [-0.2, -0.15) is 5.10 Å². The van der Waals surface area contributed by atoms with Gasteiger partial charge in [0.05, 0.1) is 22.8 Å². The average Bonchev–Trinajstić information content (AvgIpc) is 3.31. The van der Waals surface area contributed by atoms with Crippen LogP contribution in [0.3, 0.4) is 0 Å². The van der Waals surface area contributed by atoms with Crippen LogP contribution in [0.2, 0.25) is 0 Å². The Hall–Kier alpha value is -4.77. The number of hydrogen-bond donors (Lipinski definition) is 1. The fraction of sp³-hybridized carbons (Fsp3) is 0.121. The van der Waals surface area contributed by atoms with Crippen LogP contribution < -0.4 is 10.5 Å². The van der Waals surface area contributed by atoms with Crippen molar-refractivity contribution in [1.29, 1.82) is 0 Å². The van der Waals surface area contributed by atoms with Crippen LogP contribution in [0, 0.1) is 0 Å². The van der Waals surface area contributed by atoms with Crippen molar-refractivity contribution in [3.63, 3.8) is 0 Å². The smallest absolute Gasteiger partial charge is 0.272 e. The van der Waals surface area contributed by atoms with Crippen LogP contribution in [0.4, 0.5) is 5.69 Å². The van der Waals surface area contributed by atoms with E-state index in [0.29, 0.717) is 5.39 Å². The molecule has 1 aliphatic rings. The summed E-state index contributed by atoms with van der Waals surface area (Å²) in [7, 11) is 0. The number of anilines is 1. The number of nitrogens with zero attached hydrogens (tertiary/aromatic N) is 3. The van der Waals surface area contributed by atoms with Crippen molar-refractivity contribution in [2.45, 2.75) is 26.8 Å². The number of amidine groups is 1. The van der Waals surface area contributed by atoms with Gasteiger partial charge >= 0.3 is 0 Å². The third-order valence-electron chi connectivity index (χ3n) is 6.54. The van der Waals surface area contributed by atoms with E-state index in [4.69, 9.17) is 4.99 Å². The lowest BCUT2D eigenvalue weighted by Gasteiger charge is -2.26. The van der Waals surface area contributed by atoms with Gasteiger partial charge in [-0.05, 0) is 36.8 Å². The summed E-state index contributed by atoms with van der Waals surface area (Å²) in [5.74, 6) is 0.922. The SMILES string of the molecule is CC.CC1/C(=C/c2ccccc2)N=C(c2ccccc2)N1c1ccc(-c2n[nH]c(=O)c3ccccc23)cc1. The van der Waals surface area contributed by atoms with Crippen molar-refractivity contribution >= 4 is 28.4 Å². The van der Waals surface area contributed by atoms with Crippen LogP contribution in [0.25, 0.3) is 28.1 Å². The first-order valence-electron chi connectivity index (χ1n) is 13.0. The summed E-state index contributed by atoms with van der Waals surface area (Å²) >= 11 is 0. The Balaban J connectivity index is 0.00000144. The van der Waals surface area contributed by atoms with Crippen molar-refractivity contribution in [2.24, 2.45) is 4.99 Å². The molecule has 1 aliphatic heterocycles. The first-order valence-corrected chi connectivity index (χ1v) is 13.0. The van der Waals surface area contributed by atoms with Crippen LogP contribution in [-0.4, -0.2) is 22.1 Å². The van der Waals surface area contributed by atoms with Gasteiger partial charge < -0.3 is 4.90 Å². The Labute approximate surface area is 222 Å². The largest absolute Gasteiger partial charge is 0.317 e. The van der Waals surface area contributed by atoms with E-state index in [0.717, 1.165) is 45.0 Å². The molecule has 0 saturated heterocycles. The summed E-state index contributed by atoms with van der Waals surface area (Å²) in [5.41, 5.74) is 5.76. The molecule has 0 aliphatic carbocycles. The molecule has 0 amide bonds. The summed E-state index contributed by atoms with van der Waals surface area (Å²) in [6.07, 6.45) is 2.15. The maximum Gasteiger partial charge on any atom is 0.272 e. The fourth-order valence-electron chi connectivity index (χ4n) is 4.71. The summed E-state index contributed by atoms with van der Waals surface area (Å²) in [4.78, 5) is 19.6. The maximum absolute atomic E-state index is 12.2. The zero-order valence-corrected chi connectivity index (χ0v) is 21.8. The first-order chi connectivity index (χ1) is 18.7. The molecule has 1 unspecified atom stereocenters. The molecule has 5 nitrogen and oxygen atoms in total. The number of H-pyrrole nitrogens is 1. The number of benzene rings is 4. The molecule has 1 aromatic heterocycles. The van der Waals surface area contributed by atoms with Gasteiger partial charge in [-0.3, -0.25) is 4.79 Å². The molecule has 188 valence electrons. The molecule has 1 atom stereocenters. The summed E-state index contributed by atoms with van der Waals surface area (Å²) in [6.45, 7) is 6.18. The van der Waals surface area contributed by atoms with E-state index in [1.165, 1.54) is 0 Å². The van der Waals surface area contributed by atoms with Gasteiger partial charge in [0.15, 0.2) is 0 Å². The molecule has 0 radical (unpaired) electrons. The van der Waals surface area contributed by atoms with Crippen LogP contribution in [0.5, 0.6) is 0 Å². The molecule has 38 heavy (non-hydrogen) atoms. The predicted molar refractivity (Wildman–Crippen MR) is 158 cm³/mol. The Kier molecular flexibility index (Phi) is 7.27. The number of rotatable bonds is 4. The Morgan fingerprint density at radius 2 is 1.34 bits per heavy atom. The second-order valence-corrected chi connectivity index (χ2v) is 8.82. The lowest BCUT2D eigenvalue weighted by atomic mass is 10.0. The topological polar surface area (TPSA) is 61.4 Å². The molecule has 4 aromatic carbocycles. The van der Waals surface area contributed by atoms with Gasteiger partial charge in [0.1, 0.15) is 5.84 Å². The van der Waals surface area contributed by atoms with Gasteiger partial charge in [-0.15, -0.1) is 0 Å². The molecule has 5 aromatic rings. The number of aromatic amines is 1. The first kappa shape index (κ1) is 24.9. The van der Waals surface area contributed by atoms with Crippen LogP contribution in [0.15, 0.2) is 125 Å². The molecule has 2 heterocycles. The van der Waals surface area contributed by atoms with Crippen LogP contribution in [0.1, 0.15) is 31.9 Å². The van der Waals surface area contributed by atoms with E-state index >= 15 is 0 Å². The Morgan fingerprint density at radius 3 is 2.03 bits per heavy atom. The molecule has 5 heteroatoms. The van der Waals surface area contributed by atoms with E-state index in [9.17, 15) is 4.79 Å². The van der Waals surface area contributed by atoms with Crippen molar-refractivity contribution in [1.82, 2.24) is 10.2 Å². The van der Waals surface area contributed by atoms with Gasteiger partial charge in [0.25, 0.3) is 5.56 Å². The van der Waals surface area contributed by atoms with Gasteiger partial charge in [0.2, 0.25) is 0 Å². The van der Waals surface area contributed by atoms with Gasteiger partial charge in [-0.1, -0.05) is 105 Å². The third kappa shape index (κ3) is 4.78. The van der Waals surface area contributed by atoms with E-state index < -0.39 is 0 Å².